The third-order valence-corrected chi connectivity index (χ3v) is 11.2. The lowest BCUT2D eigenvalue weighted by Gasteiger charge is -2.28. The maximum Gasteiger partial charge on any atom is 0.351 e. The lowest BCUT2D eigenvalue weighted by Crippen LogP contribution is -2.31. The number of aryl methyl sites for hydroxylation is 1. The Hall–Kier alpha value is -1.77. The Labute approximate surface area is 214 Å². The monoisotopic (exact) mass is 542 g/mol. The van der Waals surface area contributed by atoms with Crippen molar-refractivity contribution in [3.8, 4) is 11.5 Å². The van der Waals surface area contributed by atoms with Gasteiger partial charge >= 0.3 is 7.60 Å². The smallest absolute Gasteiger partial charge is 0.351 e. The highest BCUT2D eigenvalue weighted by molar-refractivity contribution is 7.94. The predicted octanol–water partition coefficient (Wildman–Crippen LogP) is 7.21. The molecule has 1 saturated carbocycles. The minimum atomic E-state index is -4.21. The van der Waals surface area contributed by atoms with Crippen LogP contribution in [0.3, 0.4) is 0 Å². The number of para-hydroxylation sites is 1. The largest absolute Gasteiger partial charge is 0.454 e. The summed E-state index contributed by atoms with van der Waals surface area (Å²) in [5.74, 6) is 0.128. The molecule has 0 saturated heterocycles. The highest BCUT2D eigenvalue weighted by Crippen LogP contribution is 2.57. The Morgan fingerprint density at radius 1 is 1.00 bits per heavy atom. The van der Waals surface area contributed by atoms with Crippen molar-refractivity contribution in [2.75, 3.05) is 13.2 Å². The summed E-state index contributed by atoms with van der Waals surface area (Å²) < 4.78 is 76.2. The first kappa shape index (κ1) is 28.8. The second-order valence-corrected chi connectivity index (χ2v) is 13.1. The van der Waals surface area contributed by atoms with E-state index in [0.717, 1.165) is 24.8 Å². The van der Waals surface area contributed by atoms with Crippen LogP contribution < -0.4 is 4.74 Å². The van der Waals surface area contributed by atoms with E-state index < -0.39 is 34.6 Å². The van der Waals surface area contributed by atoms with E-state index in [0.29, 0.717) is 31.4 Å². The first-order valence-electron chi connectivity index (χ1n) is 12.6. The lowest BCUT2D eigenvalue weighted by atomic mass is 9.98. The van der Waals surface area contributed by atoms with Crippen molar-refractivity contribution >= 4 is 17.7 Å². The summed E-state index contributed by atoms with van der Waals surface area (Å²) >= 11 is 0. The van der Waals surface area contributed by atoms with Crippen LogP contribution in [-0.2, 0) is 34.3 Å². The molecule has 200 valence electrons. The second-order valence-electron chi connectivity index (χ2n) is 8.75. The van der Waals surface area contributed by atoms with Crippen molar-refractivity contribution < 1.29 is 35.3 Å². The van der Waals surface area contributed by atoms with Crippen LogP contribution in [0.1, 0.15) is 64.4 Å². The Kier molecular flexibility index (Phi) is 10.9. The van der Waals surface area contributed by atoms with E-state index in [4.69, 9.17) is 18.0 Å². The van der Waals surface area contributed by atoms with Crippen molar-refractivity contribution in [2.45, 2.75) is 76.3 Å². The molecule has 0 amide bonds. The van der Waals surface area contributed by atoms with E-state index in [1.165, 1.54) is 6.07 Å². The van der Waals surface area contributed by atoms with Gasteiger partial charge in [0.25, 0.3) is 10.1 Å². The normalized spacial score (nSPS) is 16.1. The number of ether oxygens (including phenoxy) is 1. The third kappa shape index (κ3) is 8.12. The van der Waals surface area contributed by atoms with Crippen LogP contribution in [0.15, 0.2) is 48.5 Å². The van der Waals surface area contributed by atoms with Gasteiger partial charge in [-0.05, 0) is 75.8 Å². The Balaban J connectivity index is 1.72. The average molecular weight is 543 g/mol. The van der Waals surface area contributed by atoms with E-state index in [-0.39, 0.29) is 25.4 Å². The molecule has 0 spiro atoms. The summed E-state index contributed by atoms with van der Waals surface area (Å²) in [7, 11) is -8.19. The summed E-state index contributed by atoms with van der Waals surface area (Å²) in [6.45, 7) is 3.42. The molecule has 0 bridgehead atoms. The molecule has 1 aliphatic rings. The van der Waals surface area contributed by atoms with Crippen LogP contribution in [0.25, 0.3) is 0 Å². The van der Waals surface area contributed by atoms with Gasteiger partial charge in [-0.15, -0.1) is 0 Å². The minimum Gasteiger partial charge on any atom is -0.454 e. The van der Waals surface area contributed by atoms with Crippen LogP contribution >= 0.6 is 7.60 Å². The zero-order valence-electron chi connectivity index (χ0n) is 20.9. The lowest BCUT2D eigenvalue weighted by molar-refractivity contribution is 0.158. The molecule has 10 heteroatoms. The SMILES string of the molecule is CCOP(=O)(OCC)C(CCCc1cccc(Oc2ccccc2F)c1)S(=O)(=O)OC1CCCCC1. The molecule has 1 unspecified atom stereocenters. The maximum atomic E-state index is 13.9. The van der Waals surface area contributed by atoms with Crippen molar-refractivity contribution in [1.82, 2.24) is 0 Å². The van der Waals surface area contributed by atoms with Gasteiger partial charge in [-0.25, -0.2) is 4.39 Å². The van der Waals surface area contributed by atoms with Crippen molar-refractivity contribution in [1.29, 1.82) is 0 Å². The number of halogens is 1. The number of rotatable bonds is 14. The summed E-state index contributed by atoms with van der Waals surface area (Å²) in [6, 6.07) is 13.3. The van der Waals surface area contributed by atoms with Gasteiger partial charge in [0.05, 0.1) is 19.3 Å². The van der Waals surface area contributed by atoms with Crippen molar-refractivity contribution in [3.05, 3.63) is 59.9 Å². The molecule has 0 radical (unpaired) electrons. The zero-order valence-corrected chi connectivity index (χ0v) is 22.6. The summed E-state index contributed by atoms with van der Waals surface area (Å²) in [5.41, 5.74) is 0.871. The topological polar surface area (TPSA) is 88.1 Å². The summed E-state index contributed by atoms with van der Waals surface area (Å²) in [4.78, 5) is -1.41. The van der Waals surface area contributed by atoms with Gasteiger partial charge in [0.1, 0.15) is 5.75 Å². The number of benzene rings is 2. The second kappa shape index (κ2) is 13.7. The van der Waals surface area contributed by atoms with Crippen LogP contribution in [-0.4, -0.2) is 32.7 Å². The van der Waals surface area contributed by atoms with E-state index in [9.17, 15) is 17.4 Å². The van der Waals surface area contributed by atoms with Crippen molar-refractivity contribution in [3.63, 3.8) is 0 Å². The third-order valence-electron chi connectivity index (χ3n) is 6.01. The zero-order chi connectivity index (χ0) is 26.0. The molecule has 0 N–H and O–H groups in total. The van der Waals surface area contributed by atoms with Crippen LogP contribution in [0.4, 0.5) is 4.39 Å². The first-order chi connectivity index (χ1) is 17.3. The maximum absolute atomic E-state index is 13.9. The molecule has 2 aromatic rings. The fourth-order valence-electron chi connectivity index (χ4n) is 4.34. The molecule has 0 heterocycles. The molecule has 1 fully saturated rings. The fraction of sp³-hybridized carbons (Fsp3) is 0.538. The van der Waals surface area contributed by atoms with Crippen LogP contribution in [0.2, 0.25) is 0 Å². The fourth-order valence-corrected chi connectivity index (χ4v) is 8.90. The molecule has 7 nitrogen and oxygen atoms in total. The molecule has 36 heavy (non-hydrogen) atoms. The molecule has 1 atom stereocenters. The highest BCUT2D eigenvalue weighted by Gasteiger charge is 2.46. The van der Waals surface area contributed by atoms with E-state index in [1.54, 1.807) is 50.2 Å². The van der Waals surface area contributed by atoms with Gasteiger partial charge in [0.2, 0.25) is 0 Å². The van der Waals surface area contributed by atoms with Crippen LogP contribution in [0.5, 0.6) is 11.5 Å². The molecular weight excluding hydrogens is 506 g/mol. The molecule has 2 aromatic carbocycles. The summed E-state index contributed by atoms with van der Waals surface area (Å²) in [6.07, 6.45) is 4.71. The van der Waals surface area contributed by atoms with Gasteiger partial charge in [-0.1, -0.05) is 43.5 Å². The van der Waals surface area contributed by atoms with E-state index >= 15 is 0 Å². The van der Waals surface area contributed by atoms with Gasteiger partial charge in [-0.3, -0.25) is 8.75 Å². The van der Waals surface area contributed by atoms with Gasteiger partial charge in [-0.2, -0.15) is 8.42 Å². The number of hydrogen-bond acceptors (Lipinski definition) is 7. The Morgan fingerprint density at radius 2 is 1.69 bits per heavy atom. The standard InChI is InChI=1S/C26H36FO7PS/c1-3-31-35(28,32-4-2)26(36(29,30)34-22-14-6-5-7-15-22)19-11-13-21-12-10-16-23(20-21)33-25-18-9-8-17-24(25)27/h8-10,12,16-18,20,22,26H,3-7,11,13-15,19H2,1-2H3. The van der Waals surface area contributed by atoms with Gasteiger partial charge in [0.15, 0.2) is 16.6 Å². The minimum absolute atomic E-state index is 0.0464. The van der Waals surface area contributed by atoms with E-state index in [1.807, 2.05) is 6.07 Å². The van der Waals surface area contributed by atoms with Gasteiger partial charge in [0, 0.05) is 0 Å². The molecule has 0 aliphatic heterocycles. The molecule has 0 aromatic heterocycles. The van der Waals surface area contributed by atoms with Gasteiger partial charge < -0.3 is 13.8 Å². The Bertz CT molecular complexity index is 1110. The molecule has 3 rings (SSSR count). The molecule has 1 aliphatic carbocycles. The van der Waals surface area contributed by atoms with E-state index in [2.05, 4.69) is 0 Å². The first-order valence-corrected chi connectivity index (χ1v) is 15.7. The Morgan fingerprint density at radius 3 is 2.36 bits per heavy atom. The predicted molar refractivity (Wildman–Crippen MR) is 137 cm³/mol. The number of hydrogen-bond donors (Lipinski definition) is 0. The molecular formula is C26H36FO7PS. The summed E-state index contributed by atoms with van der Waals surface area (Å²) in [5, 5.41) is 0. The highest BCUT2D eigenvalue weighted by atomic mass is 32.2. The average Bonchev–Trinajstić information content (AvgIpc) is 2.84. The van der Waals surface area contributed by atoms with Crippen molar-refractivity contribution in [2.24, 2.45) is 0 Å². The van der Waals surface area contributed by atoms with Crippen LogP contribution in [0, 0.1) is 5.82 Å². The quantitative estimate of drug-likeness (QED) is 0.184.